The largest absolute Gasteiger partial charge is 0.296 e. The molecule has 0 amide bonds. The van der Waals surface area contributed by atoms with Gasteiger partial charge in [0.2, 0.25) is 10.0 Å². The summed E-state index contributed by atoms with van der Waals surface area (Å²) in [4.78, 5) is 4.46. The minimum Gasteiger partial charge on any atom is -0.296 e. The molecule has 11 heteroatoms. The van der Waals surface area contributed by atoms with Crippen molar-refractivity contribution in [3.63, 3.8) is 0 Å². The molecule has 2 aliphatic heterocycles. The van der Waals surface area contributed by atoms with Crippen LogP contribution in [0.1, 0.15) is 16.8 Å². The Balaban J connectivity index is 1.15. The summed E-state index contributed by atoms with van der Waals surface area (Å²) in [6.45, 7) is 4.82. The third kappa shape index (κ3) is 5.90. The van der Waals surface area contributed by atoms with Crippen molar-refractivity contribution in [1.82, 2.24) is 29.1 Å². The second-order valence-electron chi connectivity index (χ2n) is 9.17. The molecule has 0 bridgehead atoms. The van der Waals surface area contributed by atoms with Crippen LogP contribution in [0.2, 0.25) is 5.02 Å². The normalized spacial score (nSPS) is 21.5. The van der Waals surface area contributed by atoms with E-state index in [1.54, 1.807) is 16.9 Å². The number of hydrogen-bond donors (Lipinski definition) is 0. The second kappa shape index (κ2) is 10.3. The Hall–Kier alpha value is -2.37. The SMILES string of the molecule is O=S1(=O)CC(N2CCN(Cc3ccccc3F)CC2)CN1Cc1cn(Cc2cccc(Cl)c2)nn1. The Bertz CT molecular complexity index is 1280. The first kappa shape index (κ1) is 24.3. The number of piperazine rings is 1. The van der Waals surface area contributed by atoms with E-state index in [-0.39, 0.29) is 24.2 Å². The van der Waals surface area contributed by atoms with Crippen molar-refractivity contribution in [2.75, 3.05) is 38.5 Å². The molecule has 35 heavy (non-hydrogen) atoms. The van der Waals surface area contributed by atoms with Gasteiger partial charge in [-0.1, -0.05) is 47.1 Å². The van der Waals surface area contributed by atoms with Gasteiger partial charge in [-0.3, -0.25) is 9.80 Å². The minimum absolute atomic E-state index is 0.0582. The Labute approximate surface area is 209 Å². The smallest absolute Gasteiger partial charge is 0.216 e. The number of aromatic nitrogens is 3. The molecule has 1 unspecified atom stereocenters. The first-order valence-corrected chi connectivity index (χ1v) is 13.7. The van der Waals surface area contributed by atoms with Gasteiger partial charge in [0.15, 0.2) is 0 Å². The molecule has 2 aromatic carbocycles. The van der Waals surface area contributed by atoms with Crippen LogP contribution < -0.4 is 0 Å². The molecule has 0 aliphatic carbocycles. The molecule has 0 spiro atoms. The maximum absolute atomic E-state index is 14.0. The molecule has 3 aromatic rings. The van der Waals surface area contributed by atoms with Crippen LogP contribution in [0.4, 0.5) is 4.39 Å². The van der Waals surface area contributed by atoms with E-state index in [1.807, 2.05) is 36.4 Å². The molecular weight excluding hydrogens is 491 g/mol. The number of benzene rings is 2. The van der Waals surface area contributed by atoms with Gasteiger partial charge < -0.3 is 0 Å². The average molecular weight is 519 g/mol. The Morgan fingerprint density at radius 1 is 1.00 bits per heavy atom. The van der Waals surface area contributed by atoms with Crippen LogP contribution in [0.15, 0.2) is 54.7 Å². The highest BCUT2D eigenvalue weighted by atomic mass is 35.5. The number of sulfonamides is 1. The molecule has 0 N–H and O–H groups in total. The van der Waals surface area contributed by atoms with Gasteiger partial charge >= 0.3 is 0 Å². The van der Waals surface area contributed by atoms with Crippen LogP contribution in [-0.2, 0) is 29.7 Å². The van der Waals surface area contributed by atoms with E-state index < -0.39 is 10.0 Å². The summed E-state index contributed by atoms with van der Waals surface area (Å²) in [5.74, 6) is -0.0753. The number of hydrogen-bond acceptors (Lipinski definition) is 6. The fourth-order valence-corrected chi connectivity index (χ4v) is 6.73. The van der Waals surface area contributed by atoms with Crippen molar-refractivity contribution < 1.29 is 12.8 Å². The maximum Gasteiger partial charge on any atom is 0.216 e. The van der Waals surface area contributed by atoms with Gasteiger partial charge in [-0.05, 0) is 23.8 Å². The van der Waals surface area contributed by atoms with Gasteiger partial charge in [0, 0.05) is 55.9 Å². The third-order valence-electron chi connectivity index (χ3n) is 6.64. The van der Waals surface area contributed by atoms with Crippen LogP contribution in [-0.4, -0.2) is 82.0 Å². The van der Waals surface area contributed by atoms with Gasteiger partial charge in [-0.2, -0.15) is 4.31 Å². The summed E-state index contributed by atoms with van der Waals surface area (Å²) in [6.07, 6.45) is 1.78. The molecule has 186 valence electrons. The third-order valence-corrected chi connectivity index (χ3v) is 8.75. The molecule has 1 atom stereocenters. The van der Waals surface area contributed by atoms with E-state index in [1.165, 1.54) is 10.4 Å². The fraction of sp³-hybridized carbons (Fsp3) is 0.417. The monoisotopic (exact) mass is 518 g/mol. The zero-order valence-electron chi connectivity index (χ0n) is 19.3. The predicted octanol–water partition coefficient (Wildman–Crippen LogP) is 2.45. The Kier molecular flexibility index (Phi) is 7.17. The number of rotatable bonds is 7. The van der Waals surface area contributed by atoms with Crippen molar-refractivity contribution in [2.45, 2.75) is 25.7 Å². The minimum atomic E-state index is -3.37. The van der Waals surface area contributed by atoms with Crippen molar-refractivity contribution >= 4 is 21.6 Å². The summed E-state index contributed by atoms with van der Waals surface area (Å²) >= 11 is 6.05. The van der Waals surface area contributed by atoms with E-state index in [4.69, 9.17) is 11.6 Å². The van der Waals surface area contributed by atoms with Crippen LogP contribution >= 0.6 is 11.6 Å². The van der Waals surface area contributed by atoms with Gasteiger partial charge in [0.25, 0.3) is 0 Å². The summed E-state index contributed by atoms with van der Waals surface area (Å²) in [7, 11) is -3.37. The number of nitrogens with zero attached hydrogens (tertiary/aromatic N) is 6. The number of halogens is 2. The zero-order valence-corrected chi connectivity index (χ0v) is 20.9. The van der Waals surface area contributed by atoms with E-state index in [2.05, 4.69) is 20.1 Å². The van der Waals surface area contributed by atoms with E-state index in [0.29, 0.717) is 35.9 Å². The lowest BCUT2D eigenvalue weighted by Crippen LogP contribution is -2.51. The molecule has 3 heterocycles. The van der Waals surface area contributed by atoms with Crippen LogP contribution in [0.5, 0.6) is 0 Å². The highest BCUT2D eigenvalue weighted by Gasteiger charge is 2.40. The molecule has 8 nitrogen and oxygen atoms in total. The zero-order chi connectivity index (χ0) is 24.4. The molecular formula is C24H28ClFN6O2S. The lowest BCUT2D eigenvalue weighted by molar-refractivity contribution is 0.0959. The quantitative estimate of drug-likeness (QED) is 0.478. The lowest BCUT2D eigenvalue weighted by atomic mass is 10.1. The van der Waals surface area contributed by atoms with E-state index in [9.17, 15) is 12.8 Å². The van der Waals surface area contributed by atoms with Gasteiger partial charge in [0.05, 0.1) is 30.7 Å². The molecule has 2 aliphatic rings. The predicted molar refractivity (Wildman–Crippen MR) is 132 cm³/mol. The molecule has 2 fully saturated rings. The van der Waals surface area contributed by atoms with Crippen LogP contribution in [0, 0.1) is 5.82 Å². The van der Waals surface area contributed by atoms with E-state index >= 15 is 0 Å². The first-order valence-electron chi connectivity index (χ1n) is 11.7. The first-order chi connectivity index (χ1) is 16.9. The molecule has 0 radical (unpaired) electrons. The van der Waals surface area contributed by atoms with Crippen molar-refractivity contribution in [2.24, 2.45) is 0 Å². The van der Waals surface area contributed by atoms with Crippen molar-refractivity contribution in [3.05, 3.63) is 82.4 Å². The van der Waals surface area contributed by atoms with Crippen molar-refractivity contribution in [3.8, 4) is 0 Å². The van der Waals surface area contributed by atoms with Crippen LogP contribution in [0.3, 0.4) is 0 Å². The Morgan fingerprint density at radius 2 is 1.80 bits per heavy atom. The highest BCUT2D eigenvalue weighted by Crippen LogP contribution is 2.23. The average Bonchev–Trinajstić information content (AvgIpc) is 3.39. The molecule has 1 aromatic heterocycles. The van der Waals surface area contributed by atoms with Gasteiger partial charge in [0.1, 0.15) is 5.82 Å². The highest BCUT2D eigenvalue weighted by molar-refractivity contribution is 7.89. The Morgan fingerprint density at radius 3 is 2.57 bits per heavy atom. The summed E-state index contributed by atoms with van der Waals surface area (Å²) in [5.41, 5.74) is 2.31. The maximum atomic E-state index is 14.0. The topological polar surface area (TPSA) is 74.6 Å². The van der Waals surface area contributed by atoms with Gasteiger partial charge in [-0.15, -0.1) is 5.10 Å². The van der Waals surface area contributed by atoms with Crippen molar-refractivity contribution in [1.29, 1.82) is 0 Å². The fourth-order valence-electron chi connectivity index (χ4n) is 4.78. The van der Waals surface area contributed by atoms with E-state index in [0.717, 1.165) is 31.7 Å². The summed E-state index contributed by atoms with van der Waals surface area (Å²) in [6, 6.07) is 14.3. The summed E-state index contributed by atoms with van der Waals surface area (Å²) < 4.78 is 42.9. The molecule has 0 saturated carbocycles. The molecule has 5 rings (SSSR count). The summed E-state index contributed by atoms with van der Waals surface area (Å²) in [5, 5.41) is 8.99. The second-order valence-corrected chi connectivity index (χ2v) is 11.6. The van der Waals surface area contributed by atoms with Crippen LogP contribution in [0.25, 0.3) is 0 Å². The van der Waals surface area contributed by atoms with Gasteiger partial charge in [-0.25, -0.2) is 17.5 Å². The standard InChI is InChI=1S/C24H28ClFN6O2S/c25-21-6-3-4-19(12-21)13-31-15-22(27-28-31)16-32-17-23(18-35(32,33)34)30-10-8-29(9-11-30)14-20-5-1-2-7-24(20)26/h1-7,12,15,23H,8-11,13-14,16-18H2. The lowest BCUT2D eigenvalue weighted by Gasteiger charge is -2.37. The molecule has 2 saturated heterocycles.